The predicted octanol–water partition coefficient (Wildman–Crippen LogP) is 8.38. The highest BCUT2D eigenvalue weighted by Gasteiger charge is 2.19. The fourth-order valence-corrected chi connectivity index (χ4v) is 4.08. The Morgan fingerprint density at radius 2 is 0.869 bits per heavy atom. The van der Waals surface area contributed by atoms with Gasteiger partial charge >= 0.3 is 35.8 Å². The number of likely N-dealkylation sites (N-methyl/N-ethyl adjacent to an activating group) is 1. The van der Waals surface area contributed by atoms with E-state index >= 15 is 0 Å². The van der Waals surface area contributed by atoms with E-state index < -0.39 is 35.8 Å². The first-order chi connectivity index (χ1) is 28.3. The van der Waals surface area contributed by atoms with Crippen molar-refractivity contribution in [3.05, 3.63) is 69.9 Å². The number of carbonyl (C=O) groups is 6. The van der Waals surface area contributed by atoms with Gasteiger partial charge < -0.3 is 39.1 Å². The van der Waals surface area contributed by atoms with Crippen molar-refractivity contribution in [3.63, 3.8) is 0 Å². The highest BCUT2D eigenvalue weighted by Crippen LogP contribution is 2.09. The Morgan fingerprint density at radius 3 is 1.08 bits per heavy atom. The third-order valence-corrected chi connectivity index (χ3v) is 7.68. The van der Waals surface area contributed by atoms with Gasteiger partial charge in [0.05, 0.1) is 72.9 Å². The number of rotatable bonds is 22. The molecule has 4 N–H and O–H groups in total. The first-order valence-electron chi connectivity index (χ1n) is 20.7. The summed E-state index contributed by atoms with van der Waals surface area (Å²) in [6.45, 7) is 20.2. The number of cyclic esters (lactones) is 2. The van der Waals surface area contributed by atoms with E-state index in [1.807, 2.05) is 32.1 Å². The van der Waals surface area contributed by atoms with Gasteiger partial charge in [0.15, 0.2) is 0 Å². The zero-order valence-electron chi connectivity index (χ0n) is 39.4. The van der Waals surface area contributed by atoms with Crippen LogP contribution in [0.2, 0.25) is 0 Å². The van der Waals surface area contributed by atoms with E-state index in [0.29, 0.717) is 0 Å². The zero-order valence-corrected chi connectivity index (χ0v) is 39.4. The lowest BCUT2D eigenvalue weighted by Crippen LogP contribution is -2.36. The number of aliphatic hydroxyl groups excluding tert-OH is 2. The van der Waals surface area contributed by atoms with Gasteiger partial charge in [-0.3, -0.25) is 28.8 Å². The molecule has 1 rings (SSSR count). The molecule has 0 aliphatic carbocycles. The van der Waals surface area contributed by atoms with E-state index in [2.05, 4.69) is 92.6 Å². The van der Waals surface area contributed by atoms with Crippen molar-refractivity contribution in [2.45, 2.75) is 139 Å². The van der Waals surface area contributed by atoms with Gasteiger partial charge in [-0.25, -0.2) is 0 Å². The molecule has 0 aromatic rings. The number of ether oxygens (including phenoxy) is 3. The average Bonchev–Trinajstić information content (AvgIpc) is 3.51. The molecule has 1 saturated heterocycles. The van der Waals surface area contributed by atoms with E-state index in [-0.39, 0.29) is 65.0 Å². The monoisotopic (exact) mass is 867 g/mol. The molecule has 14 heteroatoms. The molecular weight excluding hydrogens is 787 g/mol. The number of quaternary nitrogens is 1. The van der Waals surface area contributed by atoms with Crippen LogP contribution in [0, 0.1) is 0 Å². The first kappa shape index (κ1) is 63.0. The molecule has 61 heavy (non-hydrogen) atoms. The summed E-state index contributed by atoms with van der Waals surface area (Å²) in [5, 5.41) is 33.7. The van der Waals surface area contributed by atoms with Crippen LogP contribution in [0.5, 0.6) is 0 Å². The van der Waals surface area contributed by atoms with Crippen molar-refractivity contribution in [1.82, 2.24) is 0 Å². The normalized spacial score (nSPS) is 12.2. The molecule has 0 saturated carbocycles. The van der Waals surface area contributed by atoms with Crippen molar-refractivity contribution in [2.75, 3.05) is 54.1 Å². The topological polar surface area (TPSA) is 211 Å². The molecule has 0 aromatic carbocycles. The van der Waals surface area contributed by atoms with Crippen molar-refractivity contribution in [2.24, 2.45) is 0 Å². The first-order valence-corrected chi connectivity index (χ1v) is 20.7. The number of esters is 4. The predicted molar refractivity (Wildman–Crippen MR) is 240 cm³/mol. The Labute approximate surface area is 366 Å². The maximum atomic E-state index is 11.1. The second kappa shape index (κ2) is 40.7. The molecule has 1 aliphatic heterocycles. The smallest absolute Gasteiger partial charge is 0.314 e. The number of aliphatic hydroxyl groups is 2. The number of hydrogen-bond donors (Lipinski definition) is 4. The summed E-state index contributed by atoms with van der Waals surface area (Å²) in [5.41, 5.74) is 7.55. The highest BCUT2D eigenvalue weighted by molar-refractivity contribution is 5.92. The van der Waals surface area contributed by atoms with E-state index in [9.17, 15) is 28.8 Å². The largest absolute Gasteiger partial charge is 0.481 e. The average molecular weight is 867 g/mol. The van der Waals surface area contributed by atoms with Crippen LogP contribution in [0.25, 0.3) is 0 Å². The fraction of sp³-hybridized carbons (Fsp3) is 0.617. The summed E-state index contributed by atoms with van der Waals surface area (Å²) in [5.74, 6) is -3.70. The number of allylic oxidation sites excluding steroid dienone is 9. The highest BCUT2D eigenvalue weighted by atomic mass is 16.6. The van der Waals surface area contributed by atoms with Gasteiger partial charge in [0, 0.05) is 0 Å². The fourth-order valence-electron chi connectivity index (χ4n) is 4.08. The molecule has 0 spiro atoms. The number of nitrogens with zero attached hydrogens (tertiary/aromatic N) is 1. The Morgan fingerprint density at radius 1 is 0.541 bits per heavy atom. The van der Waals surface area contributed by atoms with Gasteiger partial charge in [0.2, 0.25) is 0 Å². The molecule has 14 nitrogen and oxygen atoms in total. The van der Waals surface area contributed by atoms with E-state index in [1.165, 1.54) is 33.4 Å². The molecule has 0 aromatic heterocycles. The SMILES string of the molecule is CC(C)=CCC/C(C)=C/CO.CC(C)=CCC/C(C)=C/COC(=O)CCC(=O)O.CC(C)=CCC/C(C)=C/COC(=O)CCC(=O)O.C[N+](C)(C)CCO.O=C1CCC(=O)O1. The molecule has 0 unspecified atom stereocenters. The van der Waals surface area contributed by atoms with Crippen LogP contribution >= 0.6 is 0 Å². The van der Waals surface area contributed by atoms with Gasteiger partial charge in [-0.1, -0.05) is 57.7 Å². The van der Waals surface area contributed by atoms with Gasteiger partial charge in [0.1, 0.15) is 19.8 Å². The van der Waals surface area contributed by atoms with E-state index in [1.54, 1.807) is 0 Å². The second-order valence-electron chi connectivity index (χ2n) is 16.0. The summed E-state index contributed by atoms with van der Waals surface area (Å²) in [7, 11) is 6.16. The van der Waals surface area contributed by atoms with Crippen molar-refractivity contribution < 1.29 is 67.9 Å². The van der Waals surface area contributed by atoms with E-state index in [4.69, 9.17) is 29.9 Å². The lowest BCUT2D eigenvalue weighted by atomic mass is 10.1. The van der Waals surface area contributed by atoms with Crippen LogP contribution in [0.15, 0.2) is 69.9 Å². The molecule has 0 atom stereocenters. The third kappa shape index (κ3) is 59.7. The summed E-state index contributed by atoms with van der Waals surface area (Å²) >= 11 is 0. The van der Waals surface area contributed by atoms with Crippen LogP contribution in [0.1, 0.15) is 139 Å². The minimum atomic E-state index is -0.986. The molecule has 1 heterocycles. The molecule has 1 aliphatic rings. The Balaban J connectivity index is -0.000000351. The lowest BCUT2D eigenvalue weighted by Gasteiger charge is -2.21. The maximum Gasteiger partial charge on any atom is 0.314 e. The molecular formula is C47H80NO13+. The zero-order chi connectivity index (χ0) is 47.8. The summed E-state index contributed by atoms with van der Waals surface area (Å²) < 4.78 is 14.7. The van der Waals surface area contributed by atoms with Crippen LogP contribution in [-0.2, 0) is 43.0 Å². The minimum absolute atomic E-state index is 0.0695. The number of carboxylic acid groups (broad SMARTS) is 2. The molecule has 350 valence electrons. The standard InChI is InChI=1S/2C14H22O4.C10H18O.C5H14NO.C4H4O3/c2*1-11(2)5-4-6-12(3)9-10-18-14(17)8-7-13(15)16;1-9(2)5-4-6-10(3)7-8-11;1-6(2,3)4-5-7;5-3-1-2-4(6)7-3/h2*5,9H,4,6-8,10H2,1-3H3,(H,15,16);5,7,11H,4,6,8H2,1-3H3;7H,4-5H2,1-3H3;1-2H2/q;;;+1;/b2*12-9+;10-7+;;. The maximum absolute atomic E-state index is 11.1. The van der Waals surface area contributed by atoms with Crippen molar-refractivity contribution in [1.29, 1.82) is 0 Å². The minimum Gasteiger partial charge on any atom is -0.481 e. The van der Waals surface area contributed by atoms with Crippen LogP contribution in [0.4, 0.5) is 0 Å². The Hall–Kier alpha value is -4.66. The summed E-state index contributed by atoms with van der Waals surface area (Å²) in [6.07, 6.45) is 18.2. The van der Waals surface area contributed by atoms with Crippen molar-refractivity contribution in [3.8, 4) is 0 Å². The van der Waals surface area contributed by atoms with Gasteiger partial charge in [-0.2, -0.15) is 0 Å². The Bertz CT molecular complexity index is 1380. The lowest BCUT2D eigenvalue weighted by molar-refractivity contribution is -0.870. The molecule has 0 radical (unpaired) electrons. The molecule has 0 bridgehead atoms. The van der Waals surface area contributed by atoms with Gasteiger partial charge in [-0.05, 0) is 113 Å². The molecule has 0 amide bonds. The second-order valence-corrected chi connectivity index (χ2v) is 16.0. The van der Waals surface area contributed by atoms with Gasteiger partial charge in [-0.15, -0.1) is 0 Å². The number of aliphatic carboxylic acids is 2. The van der Waals surface area contributed by atoms with Crippen LogP contribution < -0.4 is 0 Å². The number of hydrogen-bond acceptors (Lipinski definition) is 11. The van der Waals surface area contributed by atoms with Crippen LogP contribution in [0.3, 0.4) is 0 Å². The van der Waals surface area contributed by atoms with Crippen molar-refractivity contribution >= 4 is 35.8 Å². The third-order valence-electron chi connectivity index (χ3n) is 7.68. The number of carboxylic acids is 2. The summed E-state index contributed by atoms with van der Waals surface area (Å²) in [4.78, 5) is 62.7. The summed E-state index contributed by atoms with van der Waals surface area (Å²) in [6, 6.07) is 0. The quantitative estimate of drug-likeness (QED) is 0.0265. The number of carbonyl (C=O) groups excluding carboxylic acids is 4. The van der Waals surface area contributed by atoms with Gasteiger partial charge in [0.25, 0.3) is 0 Å². The molecule has 1 fully saturated rings. The van der Waals surface area contributed by atoms with Crippen LogP contribution in [-0.4, -0.2) is 115 Å². The van der Waals surface area contributed by atoms with E-state index in [0.717, 1.165) is 49.6 Å². The Kier molecular flexibility index (Phi) is 42.1.